The number of hydrazine groups is 1. The Morgan fingerprint density at radius 3 is 1.80 bits per heavy atom. The third-order valence-corrected chi connectivity index (χ3v) is 6.91. The van der Waals surface area contributed by atoms with E-state index in [2.05, 4.69) is 26.8 Å². The summed E-state index contributed by atoms with van der Waals surface area (Å²) in [7, 11) is -3.69. The molecule has 30 heavy (non-hydrogen) atoms. The maximum atomic E-state index is 12.9. The van der Waals surface area contributed by atoms with Gasteiger partial charge < -0.3 is 4.74 Å². The fourth-order valence-electron chi connectivity index (χ4n) is 3.11. The summed E-state index contributed by atoms with van der Waals surface area (Å²) in [6, 6.07) is 12.2. The van der Waals surface area contributed by atoms with Crippen LogP contribution in [0.4, 0.5) is 0 Å². The van der Waals surface area contributed by atoms with Gasteiger partial charge in [0.15, 0.2) is 0 Å². The van der Waals surface area contributed by atoms with E-state index < -0.39 is 21.8 Å². The van der Waals surface area contributed by atoms with Gasteiger partial charge in [-0.05, 0) is 62.4 Å². The number of nitrogens with one attached hydrogen (secondary N) is 2. The topological polar surface area (TPSA) is 105 Å². The van der Waals surface area contributed by atoms with Crippen LogP contribution in [0, 0.1) is 0 Å². The molecule has 0 aliphatic carbocycles. The number of carbonyl (C=O) groups is 2. The van der Waals surface area contributed by atoms with E-state index in [0.717, 1.165) is 4.47 Å². The molecule has 2 N–H and O–H groups in total. The molecule has 0 unspecified atom stereocenters. The summed E-state index contributed by atoms with van der Waals surface area (Å²) in [4.78, 5) is 24.4. The van der Waals surface area contributed by atoms with E-state index >= 15 is 0 Å². The van der Waals surface area contributed by atoms with Crippen molar-refractivity contribution in [3.8, 4) is 0 Å². The number of rotatable bonds is 4. The molecule has 10 heteroatoms. The first kappa shape index (κ1) is 22.4. The summed E-state index contributed by atoms with van der Waals surface area (Å²) < 4.78 is 33.5. The first-order valence-electron chi connectivity index (χ1n) is 9.29. The lowest BCUT2D eigenvalue weighted by Gasteiger charge is -2.34. The van der Waals surface area contributed by atoms with Crippen molar-refractivity contribution in [3.05, 3.63) is 64.1 Å². The molecule has 1 saturated heterocycles. The molecule has 1 aliphatic rings. The van der Waals surface area contributed by atoms with Crippen molar-refractivity contribution in [3.63, 3.8) is 0 Å². The SMILES string of the molecule is C[C@H]1CN(S(=O)(=O)c2ccc(C(=O)NNC(=O)c3ccc(Br)cc3)cc2)C[C@H](C)O1. The van der Waals surface area contributed by atoms with Gasteiger partial charge in [0, 0.05) is 28.7 Å². The summed E-state index contributed by atoms with van der Waals surface area (Å²) >= 11 is 3.28. The average molecular weight is 496 g/mol. The fourth-order valence-corrected chi connectivity index (χ4v) is 4.97. The Morgan fingerprint density at radius 2 is 1.33 bits per heavy atom. The lowest BCUT2D eigenvalue weighted by atomic mass is 10.2. The summed E-state index contributed by atoms with van der Waals surface area (Å²) in [5.41, 5.74) is 5.25. The lowest BCUT2D eigenvalue weighted by Crippen LogP contribution is -2.48. The Kier molecular flexibility index (Phi) is 6.91. The van der Waals surface area contributed by atoms with Gasteiger partial charge >= 0.3 is 0 Å². The zero-order chi connectivity index (χ0) is 21.9. The average Bonchev–Trinajstić information content (AvgIpc) is 2.71. The molecule has 0 saturated carbocycles. The van der Waals surface area contributed by atoms with Gasteiger partial charge in [0.25, 0.3) is 11.8 Å². The molecule has 2 aromatic rings. The van der Waals surface area contributed by atoms with Gasteiger partial charge in [-0.3, -0.25) is 20.4 Å². The minimum Gasteiger partial charge on any atom is -0.373 e. The van der Waals surface area contributed by atoms with Crippen molar-refractivity contribution >= 4 is 37.8 Å². The van der Waals surface area contributed by atoms with Gasteiger partial charge in [-0.25, -0.2) is 8.42 Å². The third-order valence-electron chi connectivity index (χ3n) is 4.54. The zero-order valence-corrected chi connectivity index (χ0v) is 18.9. The minimum atomic E-state index is -3.69. The lowest BCUT2D eigenvalue weighted by molar-refractivity contribution is -0.0440. The molecule has 1 aliphatic heterocycles. The molecule has 2 amide bonds. The van der Waals surface area contributed by atoms with Crippen LogP contribution in [0.25, 0.3) is 0 Å². The van der Waals surface area contributed by atoms with Crippen molar-refractivity contribution in [2.75, 3.05) is 13.1 Å². The summed E-state index contributed by atoms with van der Waals surface area (Å²) in [6.45, 7) is 4.20. The monoisotopic (exact) mass is 495 g/mol. The predicted molar refractivity (Wildman–Crippen MR) is 114 cm³/mol. The van der Waals surface area contributed by atoms with E-state index in [4.69, 9.17) is 4.74 Å². The highest BCUT2D eigenvalue weighted by molar-refractivity contribution is 9.10. The van der Waals surface area contributed by atoms with Crippen LogP contribution >= 0.6 is 15.9 Å². The van der Waals surface area contributed by atoms with E-state index in [1.807, 2.05) is 13.8 Å². The Morgan fingerprint density at radius 1 is 0.900 bits per heavy atom. The van der Waals surface area contributed by atoms with Gasteiger partial charge in [-0.15, -0.1) is 0 Å². The molecule has 0 aromatic heterocycles. The van der Waals surface area contributed by atoms with E-state index in [0.29, 0.717) is 5.56 Å². The molecule has 160 valence electrons. The van der Waals surface area contributed by atoms with Crippen LogP contribution in [0.1, 0.15) is 34.6 Å². The Bertz CT molecular complexity index is 1020. The minimum absolute atomic E-state index is 0.0965. The molecule has 2 atom stereocenters. The Balaban J connectivity index is 1.64. The second-order valence-electron chi connectivity index (χ2n) is 7.02. The predicted octanol–water partition coefficient (Wildman–Crippen LogP) is 2.32. The first-order valence-corrected chi connectivity index (χ1v) is 11.5. The highest BCUT2D eigenvalue weighted by atomic mass is 79.9. The number of halogens is 1. The largest absolute Gasteiger partial charge is 0.373 e. The van der Waals surface area contributed by atoms with Gasteiger partial charge in [-0.2, -0.15) is 4.31 Å². The van der Waals surface area contributed by atoms with Crippen molar-refractivity contribution in [2.24, 2.45) is 0 Å². The van der Waals surface area contributed by atoms with Crippen LogP contribution in [0.3, 0.4) is 0 Å². The summed E-state index contributed by atoms with van der Waals surface area (Å²) in [5, 5.41) is 0. The van der Waals surface area contributed by atoms with E-state index in [1.54, 1.807) is 24.3 Å². The van der Waals surface area contributed by atoms with E-state index in [-0.39, 0.29) is 35.8 Å². The van der Waals surface area contributed by atoms with Gasteiger partial charge in [-0.1, -0.05) is 15.9 Å². The maximum absolute atomic E-state index is 12.9. The molecule has 0 bridgehead atoms. The molecular weight excluding hydrogens is 474 g/mol. The molecule has 1 fully saturated rings. The molecule has 2 aromatic carbocycles. The number of nitrogens with zero attached hydrogens (tertiary/aromatic N) is 1. The molecule has 3 rings (SSSR count). The normalized spacial score (nSPS) is 19.8. The number of carbonyl (C=O) groups excluding carboxylic acids is 2. The quantitative estimate of drug-likeness (QED) is 0.633. The molecule has 1 heterocycles. The number of ether oxygens (including phenoxy) is 1. The van der Waals surface area contributed by atoms with Crippen LogP contribution in [-0.4, -0.2) is 49.8 Å². The van der Waals surface area contributed by atoms with Crippen LogP contribution in [0.15, 0.2) is 57.9 Å². The van der Waals surface area contributed by atoms with Gasteiger partial charge in [0.05, 0.1) is 17.1 Å². The molecule has 8 nitrogen and oxygen atoms in total. The van der Waals surface area contributed by atoms with Gasteiger partial charge in [0.2, 0.25) is 10.0 Å². The summed E-state index contributed by atoms with van der Waals surface area (Å²) in [6.07, 6.45) is -0.383. The standard InChI is InChI=1S/C20H22BrN3O5S/c1-13-11-24(12-14(2)29-13)30(27,28)18-9-5-16(6-10-18)20(26)23-22-19(25)15-3-7-17(21)8-4-15/h3-10,13-14H,11-12H2,1-2H3,(H,22,25)(H,23,26)/t13-,14-/m0/s1. The third kappa shape index (κ3) is 5.25. The van der Waals surface area contributed by atoms with Crippen molar-refractivity contribution in [1.29, 1.82) is 0 Å². The van der Waals surface area contributed by atoms with E-state index in [9.17, 15) is 18.0 Å². The Labute approximate surface area is 183 Å². The fraction of sp³-hybridized carbons (Fsp3) is 0.300. The van der Waals surface area contributed by atoms with Crippen molar-refractivity contribution in [2.45, 2.75) is 31.0 Å². The number of benzene rings is 2. The van der Waals surface area contributed by atoms with Crippen LogP contribution in [0.2, 0.25) is 0 Å². The molecule has 0 spiro atoms. The molecular formula is C20H22BrN3O5S. The highest BCUT2D eigenvalue weighted by Crippen LogP contribution is 2.21. The van der Waals surface area contributed by atoms with Crippen molar-refractivity contribution in [1.82, 2.24) is 15.2 Å². The second kappa shape index (κ2) is 9.25. The van der Waals surface area contributed by atoms with Crippen LogP contribution in [-0.2, 0) is 14.8 Å². The Hall–Kier alpha value is -2.27. The maximum Gasteiger partial charge on any atom is 0.269 e. The van der Waals surface area contributed by atoms with Crippen LogP contribution < -0.4 is 10.9 Å². The van der Waals surface area contributed by atoms with Crippen LogP contribution in [0.5, 0.6) is 0 Å². The zero-order valence-electron chi connectivity index (χ0n) is 16.5. The van der Waals surface area contributed by atoms with Gasteiger partial charge in [0.1, 0.15) is 0 Å². The molecule has 0 radical (unpaired) electrons. The van der Waals surface area contributed by atoms with E-state index in [1.165, 1.54) is 28.6 Å². The smallest absolute Gasteiger partial charge is 0.269 e. The van der Waals surface area contributed by atoms with Crippen molar-refractivity contribution < 1.29 is 22.7 Å². The second-order valence-corrected chi connectivity index (χ2v) is 9.87. The highest BCUT2D eigenvalue weighted by Gasteiger charge is 2.32. The number of hydrogen-bond donors (Lipinski definition) is 2. The number of morpholine rings is 1. The summed E-state index contributed by atoms with van der Waals surface area (Å²) in [5.74, 6) is -1.02. The number of hydrogen-bond acceptors (Lipinski definition) is 5. The number of sulfonamides is 1. The first-order chi connectivity index (χ1) is 14.2. The number of amides is 2.